The number of nitrogens with two attached hydrogens (primary N) is 1. The summed E-state index contributed by atoms with van der Waals surface area (Å²) in [5.74, 6) is 0.864. The van der Waals surface area contributed by atoms with Crippen LogP contribution in [0.25, 0.3) is 0 Å². The van der Waals surface area contributed by atoms with Gasteiger partial charge in [0, 0.05) is 6.04 Å². The predicted molar refractivity (Wildman–Crippen MR) is 130 cm³/mol. The van der Waals surface area contributed by atoms with Crippen LogP contribution in [0.4, 0.5) is 0 Å². The van der Waals surface area contributed by atoms with Gasteiger partial charge in [-0.2, -0.15) is 0 Å². The van der Waals surface area contributed by atoms with Crippen LogP contribution in [-0.2, 0) is 0 Å². The lowest BCUT2D eigenvalue weighted by Crippen LogP contribution is -2.19. The highest BCUT2D eigenvalue weighted by molar-refractivity contribution is 4.81. The van der Waals surface area contributed by atoms with Crippen LogP contribution in [0.2, 0.25) is 0 Å². The zero-order valence-electron chi connectivity index (χ0n) is 20.0. The zero-order chi connectivity index (χ0) is 20.7. The van der Waals surface area contributed by atoms with Crippen LogP contribution in [0, 0.1) is 5.92 Å². The summed E-state index contributed by atoms with van der Waals surface area (Å²) in [5.41, 5.74) is 6.28. The highest BCUT2D eigenvalue weighted by Crippen LogP contribution is 2.14. The van der Waals surface area contributed by atoms with Crippen LogP contribution in [-0.4, -0.2) is 6.04 Å². The maximum atomic E-state index is 6.28. The molecule has 0 aromatic heterocycles. The van der Waals surface area contributed by atoms with Gasteiger partial charge in [0.2, 0.25) is 0 Å². The first-order chi connectivity index (χ1) is 13.7. The Bertz CT molecular complexity index is 307. The minimum Gasteiger partial charge on any atom is -0.328 e. The second-order valence-electron chi connectivity index (χ2n) is 9.52. The summed E-state index contributed by atoms with van der Waals surface area (Å²) in [7, 11) is 0. The summed E-state index contributed by atoms with van der Waals surface area (Å²) >= 11 is 0. The Kier molecular flexibility index (Phi) is 22.7. The molecule has 28 heavy (non-hydrogen) atoms. The maximum Gasteiger partial charge on any atom is 0.00388 e. The lowest BCUT2D eigenvalue weighted by Gasteiger charge is -2.11. The minimum atomic E-state index is 0.454. The minimum absolute atomic E-state index is 0.454. The van der Waals surface area contributed by atoms with Crippen LogP contribution in [0.15, 0.2) is 12.2 Å². The van der Waals surface area contributed by atoms with E-state index in [4.69, 9.17) is 5.73 Å². The SMILES string of the molecule is CCCCCCCC/C=C/CCCCCCCC(N)CCCCCCC(C)C. The Morgan fingerprint density at radius 3 is 1.39 bits per heavy atom. The quantitative estimate of drug-likeness (QED) is 0.144. The van der Waals surface area contributed by atoms with Crippen molar-refractivity contribution >= 4 is 0 Å². The molecular weight excluding hydrogens is 338 g/mol. The largest absolute Gasteiger partial charge is 0.328 e. The molecule has 0 spiro atoms. The van der Waals surface area contributed by atoms with Crippen LogP contribution in [0.3, 0.4) is 0 Å². The van der Waals surface area contributed by atoms with E-state index in [-0.39, 0.29) is 0 Å². The van der Waals surface area contributed by atoms with Crippen molar-refractivity contribution in [2.45, 2.75) is 155 Å². The molecule has 0 bridgehead atoms. The van der Waals surface area contributed by atoms with E-state index >= 15 is 0 Å². The first-order valence-electron chi connectivity index (χ1n) is 13.1. The molecule has 0 aromatic carbocycles. The lowest BCUT2D eigenvalue weighted by molar-refractivity contribution is 0.473. The predicted octanol–water partition coefficient (Wildman–Crippen LogP) is 9.35. The van der Waals surface area contributed by atoms with Gasteiger partial charge in [-0.1, -0.05) is 123 Å². The molecule has 2 N–H and O–H groups in total. The van der Waals surface area contributed by atoms with Crippen molar-refractivity contribution in [3.63, 3.8) is 0 Å². The van der Waals surface area contributed by atoms with Gasteiger partial charge in [-0.15, -0.1) is 0 Å². The first kappa shape index (κ1) is 27.7. The second kappa shape index (κ2) is 23.0. The van der Waals surface area contributed by atoms with Gasteiger partial charge >= 0.3 is 0 Å². The van der Waals surface area contributed by atoms with Gasteiger partial charge in [0.05, 0.1) is 0 Å². The number of hydrogen-bond acceptors (Lipinski definition) is 1. The maximum absolute atomic E-state index is 6.28. The third kappa shape index (κ3) is 23.7. The van der Waals surface area contributed by atoms with Crippen LogP contribution in [0.5, 0.6) is 0 Å². The molecule has 0 aromatic rings. The summed E-state index contributed by atoms with van der Waals surface area (Å²) in [4.78, 5) is 0. The number of rotatable bonds is 22. The average Bonchev–Trinajstić information content (AvgIpc) is 2.67. The molecule has 0 aliphatic heterocycles. The van der Waals surface area contributed by atoms with Crippen molar-refractivity contribution in [1.29, 1.82) is 0 Å². The van der Waals surface area contributed by atoms with E-state index in [1.807, 2.05) is 0 Å². The first-order valence-corrected chi connectivity index (χ1v) is 13.1. The molecular formula is C27H55N. The van der Waals surface area contributed by atoms with Crippen LogP contribution < -0.4 is 5.73 Å². The van der Waals surface area contributed by atoms with Crippen molar-refractivity contribution in [2.24, 2.45) is 11.7 Å². The standard InChI is InChI=1S/C27H55N/c1-4-5-6-7-8-9-10-11-12-13-14-15-16-17-21-24-27(28)25-22-19-18-20-23-26(2)3/h11-12,26-27H,4-10,13-25,28H2,1-3H3/b12-11+. The van der Waals surface area contributed by atoms with Gasteiger partial charge < -0.3 is 5.73 Å². The van der Waals surface area contributed by atoms with Crippen LogP contribution in [0.1, 0.15) is 149 Å². The zero-order valence-corrected chi connectivity index (χ0v) is 20.0. The molecule has 0 rings (SSSR count). The van der Waals surface area contributed by atoms with Crippen LogP contribution >= 0.6 is 0 Å². The number of hydrogen-bond donors (Lipinski definition) is 1. The molecule has 0 aliphatic carbocycles. The Morgan fingerprint density at radius 1 is 0.536 bits per heavy atom. The van der Waals surface area contributed by atoms with Crippen molar-refractivity contribution in [3.8, 4) is 0 Å². The molecule has 1 unspecified atom stereocenters. The normalized spacial score (nSPS) is 13.0. The van der Waals surface area contributed by atoms with E-state index < -0.39 is 0 Å². The molecule has 1 nitrogen and oxygen atoms in total. The molecule has 0 aliphatic rings. The fourth-order valence-electron chi connectivity index (χ4n) is 3.93. The molecule has 0 radical (unpaired) electrons. The Hall–Kier alpha value is -0.300. The molecule has 0 heterocycles. The van der Waals surface area contributed by atoms with Crippen molar-refractivity contribution in [3.05, 3.63) is 12.2 Å². The smallest absolute Gasteiger partial charge is 0.00388 e. The summed E-state index contributed by atoms with van der Waals surface area (Å²) in [6.45, 7) is 6.93. The Balaban J connectivity index is 3.20. The molecule has 0 saturated carbocycles. The summed E-state index contributed by atoms with van der Waals surface area (Å²) < 4.78 is 0. The summed E-state index contributed by atoms with van der Waals surface area (Å²) in [5, 5.41) is 0. The Morgan fingerprint density at radius 2 is 0.929 bits per heavy atom. The topological polar surface area (TPSA) is 26.0 Å². The van der Waals surface area contributed by atoms with E-state index in [0.29, 0.717) is 6.04 Å². The van der Waals surface area contributed by atoms with Gasteiger partial charge in [0.1, 0.15) is 0 Å². The molecule has 0 saturated heterocycles. The third-order valence-electron chi connectivity index (χ3n) is 5.94. The van der Waals surface area contributed by atoms with Gasteiger partial charge in [-0.25, -0.2) is 0 Å². The monoisotopic (exact) mass is 393 g/mol. The van der Waals surface area contributed by atoms with E-state index in [9.17, 15) is 0 Å². The third-order valence-corrected chi connectivity index (χ3v) is 5.94. The fraction of sp³-hybridized carbons (Fsp3) is 0.926. The number of unbranched alkanes of at least 4 members (excludes halogenated alkanes) is 14. The highest BCUT2D eigenvalue weighted by atomic mass is 14.6. The van der Waals surface area contributed by atoms with Crippen molar-refractivity contribution in [1.82, 2.24) is 0 Å². The number of allylic oxidation sites excluding steroid dienone is 2. The van der Waals surface area contributed by atoms with E-state index in [1.165, 1.54) is 128 Å². The summed E-state index contributed by atoms with van der Waals surface area (Å²) in [6.07, 6.45) is 32.1. The van der Waals surface area contributed by atoms with Gasteiger partial charge in [0.25, 0.3) is 0 Å². The Labute approximate surface area is 179 Å². The fourth-order valence-corrected chi connectivity index (χ4v) is 3.93. The van der Waals surface area contributed by atoms with Gasteiger partial charge in [0.15, 0.2) is 0 Å². The molecule has 1 atom stereocenters. The van der Waals surface area contributed by atoms with E-state index in [2.05, 4.69) is 32.9 Å². The molecule has 1 heteroatoms. The lowest BCUT2D eigenvalue weighted by atomic mass is 10.00. The highest BCUT2D eigenvalue weighted by Gasteiger charge is 2.02. The van der Waals surface area contributed by atoms with Gasteiger partial charge in [-0.05, 0) is 44.4 Å². The molecule has 0 amide bonds. The molecule has 0 fully saturated rings. The van der Waals surface area contributed by atoms with E-state index in [1.54, 1.807) is 0 Å². The molecule has 168 valence electrons. The average molecular weight is 394 g/mol. The second-order valence-corrected chi connectivity index (χ2v) is 9.52. The van der Waals surface area contributed by atoms with Gasteiger partial charge in [-0.3, -0.25) is 0 Å². The summed E-state index contributed by atoms with van der Waals surface area (Å²) in [6, 6.07) is 0.454. The van der Waals surface area contributed by atoms with Crippen molar-refractivity contribution < 1.29 is 0 Å². The van der Waals surface area contributed by atoms with E-state index in [0.717, 1.165) is 5.92 Å². The van der Waals surface area contributed by atoms with Crippen molar-refractivity contribution in [2.75, 3.05) is 0 Å².